The predicted octanol–water partition coefficient (Wildman–Crippen LogP) is 7.03. The van der Waals surface area contributed by atoms with E-state index >= 15 is 0 Å². The molecule has 2 aromatic heterocycles. The van der Waals surface area contributed by atoms with Crippen LogP contribution in [0.4, 0.5) is 5.82 Å². The van der Waals surface area contributed by atoms with Gasteiger partial charge in [-0.05, 0) is 75.3 Å². The number of methoxy groups -OCH3 is 1. The van der Waals surface area contributed by atoms with Crippen molar-refractivity contribution in [2.24, 2.45) is 0 Å². The van der Waals surface area contributed by atoms with Crippen LogP contribution in [0.3, 0.4) is 0 Å². The fraction of sp³-hybridized carbons (Fsp3) is 0.333. The van der Waals surface area contributed by atoms with Crippen LogP contribution in [-0.4, -0.2) is 34.5 Å². The van der Waals surface area contributed by atoms with Gasteiger partial charge in [-0.2, -0.15) is 9.61 Å². The van der Waals surface area contributed by atoms with Gasteiger partial charge in [0.2, 0.25) is 0 Å². The second-order valence-corrected chi connectivity index (χ2v) is 9.90. The van der Waals surface area contributed by atoms with Crippen molar-refractivity contribution in [3.8, 4) is 16.9 Å². The number of hydrogen-bond acceptors (Lipinski definition) is 5. The van der Waals surface area contributed by atoms with Crippen LogP contribution >= 0.6 is 35.8 Å². The number of thioether (sulfide) groups is 1. The molecule has 184 valence electrons. The highest BCUT2D eigenvalue weighted by molar-refractivity contribution is 7.98. The minimum Gasteiger partial charge on any atom is -0.497 e. The number of hydrogen-bond donors (Lipinski definition) is 0. The molecule has 0 aliphatic heterocycles. The Kier molecular flexibility index (Phi) is 7.84. The van der Waals surface area contributed by atoms with E-state index in [2.05, 4.69) is 46.9 Å². The third kappa shape index (κ3) is 4.72. The van der Waals surface area contributed by atoms with Crippen LogP contribution in [0.25, 0.3) is 16.8 Å². The Morgan fingerprint density at radius 1 is 1.14 bits per heavy atom. The molecular formula is C27H30Cl2N4OS. The number of aryl methyl sites for hydroxylation is 2. The molecule has 0 atom stereocenters. The molecule has 1 aliphatic rings. The number of rotatable bonds is 7. The van der Waals surface area contributed by atoms with E-state index in [0.29, 0.717) is 5.02 Å². The van der Waals surface area contributed by atoms with Gasteiger partial charge in [0.25, 0.3) is 0 Å². The molecular weight excluding hydrogens is 499 g/mol. The molecule has 0 amide bonds. The fourth-order valence-corrected chi connectivity index (χ4v) is 5.54. The molecule has 8 heteroatoms. The highest BCUT2D eigenvalue weighted by Gasteiger charge is 2.27. The Labute approximate surface area is 222 Å². The average molecular weight is 530 g/mol. The second-order valence-electron chi connectivity index (χ2n) is 8.62. The van der Waals surface area contributed by atoms with Crippen molar-refractivity contribution < 1.29 is 4.74 Å². The Morgan fingerprint density at radius 2 is 1.91 bits per heavy atom. The minimum atomic E-state index is 0. The number of benzene rings is 2. The van der Waals surface area contributed by atoms with E-state index in [0.717, 1.165) is 66.4 Å². The van der Waals surface area contributed by atoms with E-state index in [1.165, 1.54) is 21.7 Å². The topological polar surface area (TPSA) is 42.7 Å². The number of ether oxygens (including phenoxy) is 1. The summed E-state index contributed by atoms with van der Waals surface area (Å²) >= 11 is 8.46. The SMILES string of the molecule is CCN(Cc1ccc(SC)cc1)c1c2c(nc3c(-c4ccc(OC)cc4Cl)c(C)nn13)CCC2.Cl. The molecule has 5 nitrogen and oxygen atoms in total. The monoisotopic (exact) mass is 528 g/mol. The third-order valence-corrected chi connectivity index (χ3v) is 7.65. The van der Waals surface area contributed by atoms with Gasteiger partial charge in [-0.1, -0.05) is 23.7 Å². The van der Waals surface area contributed by atoms with Crippen LogP contribution in [0.2, 0.25) is 5.02 Å². The van der Waals surface area contributed by atoms with Crippen LogP contribution in [0.1, 0.15) is 35.9 Å². The summed E-state index contributed by atoms with van der Waals surface area (Å²) in [6.45, 7) is 5.96. The summed E-state index contributed by atoms with van der Waals surface area (Å²) in [6.07, 6.45) is 5.27. The fourth-order valence-electron chi connectivity index (χ4n) is 4.87. The lowest BCUT2D eigenvalue weighted by Gasteiger charge is -2.26. The summed E-state index contributed by atoms with van der Waals surface area (Å²) in [5.41, 5.74) is 7.51. The Bertz CT molecular complexity index is 1350. The molecule has 1 aliphatic carbocycles. The van der Waals surface area contributed by atoms with E-state index in [1.807, 2.05) is 25.1 Å². The summed E-state index contributed by atoms with van der Waals surface area (Å²) < 4.78 is 7.40. The lowest BCUT2D eigenvalue weighted by atomic mass is 10.1. The summed E-state index contributed by atoms with van der Waals surface area (Å²) in [5.74, 6) is 1.90. The van der Waals surface area contributed by atoms with Crippen LogP contribution in [-0.2, 0) is 19.4 Å². The number of fused-ring (bicyclic) bond motifs is 2. The highest BCUT2D eigenvalue weighted by Crippen LogP contribution is 2.39. The van der Waals surface area contributed by atoms with E-state index in [1.54, 1.807) is 18.9 Å². The zero-order valence-corrected chi connectivity index (χ0v) is 22.9. The van der Waals surface area contributed by atoms with Crippen molar-refractivity contribution in [2.45, 2.75) is 44.6 Å². The summed E-state index contributed by atoms with van der Waals surface area (Å²) in [4.78, 5) is 8.83. The van der Waals surface area contributed by atoms with Crippen molar-refractivity contribution >= 4 is 47.2 Å². The quantitative estimate of drug-likeness (QED) is 0.241. The van der Waals surface area contributed by atoms with Gasteiger partial charge in [0.1, 0.15) is 11.6 Å². The first-order valence-electron chi connectivity index (χ1n) is 11.7. The van der Waals surface area contributed by atoms with Crippen LogP contribution in [0.15, 0.2) is 47.4 Å². The normalized spacial score (nSPS) is 12.5. The van der Waals surface area contributed by atoms with Gasteiger partial charge in [-0.25, -0.2) is 4.98 Å². The highest BCUT2D eigenvalue weighted by atomic mass is 35.5. The Hall–Kier alpha value is -2.41. The molecule has 0 saturated carbocycles. The van der Waals surface area contributed by atoms with E-state index in [4.69, 9.17) is 26.4 Å². The van der Waals surface area contributed by atoms with Crippen LogP contribution in [0.5, 0.6) is 5.75 Å². The number of halogens is 2. The van der Waals surface area contributed by atoms with E-state index < -0.39 is 0 Å². The first-order chi connectivity index (χ1) is 16.5. The lowest BCUT2D eigenvalue weighted by Crippen LogP contribution is -2.26. The number of nitrogens with zero attached hydrogens (tertiary/aromatic N) is 4. The standard InChI is InChI=1S/C27H29ClN4OS.ClH/c1-5-31(16-18-9-12-20(34-4)13-10-18)27-22-7-6-8-24(22)29-26-25(17(2)30-32(26)27)21-14-11-19(33-3)15-23(21)28;/h9-15H,5-8,16H2,1-4H3;1H. The summed E-state index contributed by atoms with van der Waals surface area (Å²) in [6, 6.07) is 14.6. The van der Waals surface area contributed by atoms with Gasteiger partial charge in [0.15, 0.2) is 5.65 Å². The zero-order chi connectivity index (χ0) is 23.8. The molecule has 0 unspecified atom stereocenters. The van der Waals surface area contributed by atoms with Crippen molar-refractivity contribution in [1.82, 2.24) is 14.6 Å². The molecule has 0 fully saturated rings. The van der Waals surface area contributed by atoms with E-state index in [9.17, 15) is 0 Å². The van der Waals surface area contributed by atoms with Crippen molar-refractivity contribution in [2.75, 3.05) is 24.8 Å². The molecule has 0 N–H and O–H groups in total. The van der Waals surface area contributed by atoms with Gasteiger partial charge < -0.3 is 9.64 Å². The van der Waals surface area contributed by atoms with Gasteiger partial charge in [0.05, 0.1) is 23.4 Å². The molecule has 0 radical (unpaired) electrons. The average Bonchev–Trinajstić information content (AvgIpc) is 3.45. The molecule has 2 heterocycles. The lowest BCUT2D eigenvalue weighted by molar-refractivity contribution is 0.415. The Balaban J connectivity index is 0.00000289. The van der Waals surface area contributed by atoms with Crippen molar-refractivity contribution in [3.63, 3.8) is 0 Å². The maximum absolute atomic E-state index is 6.69. The Morgan fingerprint density at radius 3 is 2.57 bits per heavy atom. The van der Waals surface area contributed by atoms with E-state index in [-0.39, 0.29) is 12.4 Å². The second kappa shape index (κ2) is 10.7. The maximum atomic E-state index is 6.69. The predicted molar refractivity (Wildman–Crippen MR) is 149 cm³/mol. The summed E-state index contributed by atoms with van der Waals surface area (Å²) in [5, 5.41) is 5.65. The largest absolute Gasteiger partial charge is 0.497 e. The molecule has 0 saturated heterocycles. The molecule has 0 spiro atoms. The van der Waals surface area contributed by atoms with Gasteiger partial charge >= 0.3 is 0 Å². The number of anilines is 1. The van der Waals surface area contributed by atoms with Crippen molar-refractivity contribution in [3.05, 3.63) is 70.0 Å². The van der Waals surface area contributed by atoms with Gasteiger partial charge in [-0.15, -0.1) is 24.2 Å². The molecule has 35 heavy (non-hydrogen) atoms. The van der Waals surface area contributed by atoms with Crippen LogP contribution in [0, 0.1) is 6.92 Å². The molecule has 4 aromatic rings. The molecule has 2 aromatic carbocycles. The minimum absolute atomic E-state index is 0. The van der Waals surface area contributed by atoms with Gasteiger partial charge in [0, 0.05) is 34.8 Å². The molecule has 5 rings (SSSR count). The third-order valence-electron chi connectivity index (χ3n) is 6.60. The smallest absolute Gasteiger partial charge is 0.165 e. The summed E-state index contributed by atoms with van der Waals surface area (Å²) in [7, 11) is 1.65. The van der Waals surface area contributed by atoms with Crippen LogP contribution < -0.4 is 9.64 Å². The first-order valence-corrected chi connectivity index (χ1v) is 13.3. The molecule has 0 bridgehead atoms. The van der Waals surface area contributed by atoms with Gasteiger partial charge in [-0.3, -0.25) is 0 Å². The number of aromatic nitrogens is 3. The first kappa shape index (κ1) is 25.7. The van der Waals surface area contributed by atoms with Crippen molar-refractivity contribution in [1.29, 1.82) is 0 Å². The zero-order valence-electron chi connectivity index (χ0n) is 20.5. The maximum Gasteiger partial charge on any atom is 0.165 e.